The Bertz CT molecular complexity index is 451. The van der Waals surface area contributed by atoms with Gasteiger partial charge in [-0.2, -0.15) is 0 Å². The summed E-state index contributed by atoms with van der Waals surface area (Å²) in [7, 11) is 0. The summed E-state index contributed by atoms with van der Waals surface area (Å²) in [6, 6.07) is 1.44. The highest BCUT2D eigenvalue weighted by Gasteiger charge is 2.21. The molecule has 1 unspecified atom stereocenters. The summed E-state index contributed by atoms with van der Waals surface area (Å²) in [4.78, 5) is 11.7. The van der Waals surface area contributed by atoms with E-state index >= 15 is 0 Å². The average Bonchev–Trinajstić information content (AvgIpc) is 2.32. The van der Waals surface area contributed by atoms with Gasteiger partial charge in [0.1, 0.15) is 0 Å². The molecule has 0 saturated carbocycles. The van der Waals surface area contributed by atoms with Crippen molar-refractivity contribution in [3.8, 4) is 0 Å². The van der Waals surface area contributed by atoms with Crippen LogP contribution < -0.4 is 5.32 Å². The first-order valence-corrected chi connectivity index (χ1v) is 6.51. The van der Waals surface area contributed by atoms with Crippen LogP contribution in [0.25, 0.3) is 0 Å². The molecule has 100 valence electrons. The molecule has 1 amide bonds. The quantitative estimate of drug-likeness (QED) is 0.668. The van der Waals surface area contributed by atoms with Crippen LogP contribution in [0.1, 0.15) is 24.2 Å². The van der Waals surface area contributed by atoms with Crippen molar-refractivity contribution in [2.45, 2.75) is 19.9 Å². The maximum atomic E-state index is 13.4. The van der Waals surface area contributed by atoms with Gasteiger partial charge in [-0.25, -0.2) is 13.2 Å². The molecule has 2 nitrogen and oxygen atoms in total. The van der Waals surface area contributed by atoms with Gasteiger partial charge < -0.3 is 5.32 Å². The number of carbonyl (C=O) groups excluding carboxylic acids is 1. The smallest absolute Gasteiger partial charge is 0.254 e. The fourth-order valence-corrected chi connectivity index (χ4v) is 2.24. The summed E-state index contributed by atoms with van der Waals surface area (Å²) in [6.45, 7) is 3.77. The predicted octanol–water partition coefficient (Wildman–Crippen LogP) is 3.25. The average molecular weight is 324 g/mol. The second-order valence-electron chi connectivity index (χ2n) is 4.20. The number of halogens is 4. The Morgan fingerprint density at radius 3 is 2.39 bits per heavy atom. The largest absolute Gasteiger partial charge is 0.348 e. The summed E-state index contributed by atoms with van der Waals surface area (Å²) in [5.41, 5.74) is -0.500. The van der Waals surface area contributed by atoms with Crippen molar-refractivity contribution < 1.29 is 18.0 Å². The van der Waals surface area contributed by atoms with Gasteiger partial charge in [0.2, 0.25) is 0 Å². The van der Waals surface area contributed by atoms with Gasteiger partial charge in [0.25, 0.3) is 5.91 Å². The monoisotopic (exact) mass is 323 g/mol. The number of carbonyl (C=O) groups is 1. The van der Waals surface area contributed by atoms with Crippen molar-refractivity contribution >= 4 is 21.8 Å². The molecule has 1 aromatic carbocycles. The summed E-state index contributed by atoms with van der Waals surface area (Å²) in [5.74, 6) is -5.05. The number of alkyl halides is 1. The zero-order chi connectivity index (χ0) is 13.9. The molecule has 18 heavy (non-hydrogen) atoms. The SMILES string of the molecule is CC(C)C(CBr)NC(=O)c1ccc(F)c(F)c1F. The molecule has 1 N–H and O–H groups in total. The number of hydrogen-bond acceptors (Lipinski definition) is 1. The molecule has 0 bridgehead atoms. The second kappa shape index (κ2) is 6.22. The highest BCUT2D eigenvalue weighted by atomic mass is 79.9. The number of nitrogens with one attached hydrogen (secondary N) is 1. The van der Waals surface area contributed by atoms with Crippen molar-refractivity contribution in [1.29, 1.82) is 0 Å². The van der Waals surface area contributed by atoms with E-state index in [1.54, 1.807) is 0 Å². The van der Waals surface area contributed by atoms with Crippen molar-refractivity contribution in [3.63, 3.8) is 0 Å². The summed E-state index contributed by atoms with van der Waals surface area (Å²) in [6.07, 6.45) is 0. The van der Waals surface area contributed by atoms with Gasteiger partial charge in [-0.05, 0) is 18.1 Å². The third kappa shape index (κ3) is 3.25. The van der Waals surface area contributed by atoms with E-state index in [0.717, 1.165) is 12.1 Å². The van der Waals surface area contributed by atoms with E-state index in [9.17, 15) is 18.0 Å². The van der Waals surface area contributed by atoms with Crippen LogP contribution in [-0.2, 0) is 0 Å². The van der Waals surface area contributed by atoms with Crippen LogP contribution in [0.2, 0.25) is 0 Å². The van der Waals surface area contributed by atoms with Crippen LogP contribution in [-0.4, -0.2) is 17.3 Å². The van der Waals surface area contributed by atoms with Gasteiger partial charge in [-0.3, -0.25) is 4.79 Å². The number of benzene rings is 1. The van der Waals surface area contributed by atoms with E-state index in [1.165, 1.54) is 0 Å². The fourth-order valence-electron chi connectivity index (χ4n) is 1.33. The summed E-state index contributed by atoms with van der Waals surface area (Å²) >= 11 is 3.22. The lowest BCUT2D eigenvalue weighted by molar-refractivity contribution is 0.0926. The molecule has 0 aliphatic rings. The normalized spacial score (nSPS) is 12.6. The maximum absolute atomic E-state index is 13.4. The number of hydrogen-bond donors (Lipinski definition) is 1. The van der Waals surface area contributed by atoms with Gasteiger partial charge >= 0.3 is 0 Å². The van der Waals surface area contributed by atoms with Gasteiger partial charge in [-0.15, -0.1) is 0 Å². The van der Waals surface area contributed by atoms with Crippen LogP contribution in [0.5, 0.6) is 0 Å². The molecule has 0 aliphatic carbocycles. The second-order valence-corrected chi connectivity index (χ2v) is 4.85. The summed E-state index contributed by atoms with van der Waals surface area (Å²) in [5, 5.41) is 3.04. The molecule has 0 fully saturated rings. The molecule has 6 heteroatoms. The van der Waals surface area contributed by atoms with E-state index in [4.69, 9.17) is 0 Å². The Morgan fingerprint density at radius 1 is 1.28 bits per heavy atom. The van der Waals surface area contributed by atoms with Gasteiger partial charge in [0.05, 0.1) is 5.56 Å². The van der Waals surface area contributed by atoms with E-state index in [-0.39, 0.29) is 12.0 Å². The van der Waals surface area contributed by atoms with Crippen molar-refractivity contribution in [2.75, 3.05) is 5.33 Å². The standard InChI is InChI=1S/C12H13BrF3NO/c1-6(2)9(5-13)17-12(18)7-3-4-8(14)11(16)10(7)15/h3-4,6,9H,5H2,1-2H3,(H,17,18). The van der Waals surface area contributed by atoms with Crippen LogP contribution in [0.3, 0.4) is 0 Å². The van der Waals surface area contributed by atoms with E-state index in [0.29, 0.717) is 5.33 Å². The zero-order valence-electron chi connectivity index (χ0n) is 9.94. The first-order chi connectivity index (χ1) is 8.38. The minimum Gasteiger partial charge on any atom is -0.348 e. The maximum Gasteiger partial charge on any atom is 0.254 e. The fraction of sp³-hybridized carbons (Fsp3) is 0.417. The molecule has 0 spiro atoms. The van der Waals surface area contributed by atoms with Gasteiger partial charge in [-0.1, -0.05) is 29.8 Å². The first-order valence-electron chi connectivity index (χ1n) is 5.38. The minimum atomic E-state index is -1.64. The third-order valence-electron chi connectivity index (χ3n) is 2.57. The molecule has 0 saturated heterocycles. The molecule has 1 atom stereocenters. The zero-order valence-corrected chi connectivity index (χ0v) is 11.5. The van der Waals surface area contributed by atoms with Crippen LogP contribution in [0.4, 0.5) is 13.2 Å². The van der Waals surface area contributed by atoms with Crippen molar-refractivity contribution in [2.24, 2.45) is 5.92 Å². The number of amides is 1. The third-order valence-corrected chi connectivity index (χ3v) is 3.26. The van der Waals surface area contributed by atoms with Crippen LogP contribution >= 0.6 is 15.9 Å². The Morgan fingerprint density at radius 2 is 1.89 bits per heavy atom. The lowest BCUT2D eigenvalue weighted by atomic mass is 10.1. The molecule has 1 rings (SSSR count). The van der Waals surface area contributed by atoms with Gasteiger partial charge in [0, 0.05) is 11.4 Å². The Balaban J connectivity index is 2.95. The molecular weight excluding hydrogens is 311 g/mol. The predicted molar refractivity (Wildman–Crippen MR) is 66.2 cm³/mol. The first kappa shape index (κ1) is 15.0. The topological polar surface area (TPSA) is 29.1 Å². The molecule has 0 radical (unpaired) electrons. The molecule has 0 aromatic heterocycles. The lowest BCUT2D eigenvalue weighted by Crippen LogP contribution is -2.40. The van der Waals surface area contributed by atoms with E-state index in [2.05, 4.69) is 21.2 Å². The Hall–Kier alpha value is -1.04. The lowest BCUT2D eigenvalue weighted by Gasteiger charge is -2.20. The van der Waals surface area contributed by atoms with Crippen LogP contribution in [0, 0.1) is 23.4 Å². The molecule has 0 aliphatic heterocycles. The van der Waals surface area contributed by atoms with Crippen LogP contribution in [0.15, 0.2) is 12.1 Å². The Labute approximate surface area is 112 Å². The number of rotatable bonds is 4. The van der Waals surface area contributed by atoms with E-state index in [1.807, 2.05) is 13.8 Å². The highest BCUT2D eigenvalue weighted by molar-refractivity contribution is 9.09. The van der Waals surface area contributed by atoms with Gasteiger partial charge in [0.15, 0.2) is 17.5 Å². The van der Waals surface area contributed by atoms with Crippen molar-refractivity contribution in [1.82, 2.24) is 5.32 Å². The minimum absolute atomic E-state index is 0.127. The summed E-state index contributed by atoms with van der Waals surface area (Å²) < 4.78 is 39.1. The van der Waals surface area contributed by atoms with E-state index < -0.39 is 28.9 Å². The molecular formula is C12H13BrF3NO. The Kier molecular flexibility index (Phi) is 5.19. The molecule has 0 heterocycles. The van der Waals surface area contributed by atoms with Crippen molar-refractivity contribution in [3.05, 3.63) is 35.1 Å². The highest BCUT2D eigenvalue weighted by Crippen LogP contribution is 2.16. The molecule has 1 aromatic rings.